The Morgan fingerprint density at radius 3 is 2.65 bits per heavy atom. The van der Waals surface area contributed by atoms with E-state index in [0.29, 0.717) is 10.7 Å². The fraction of sp³-hybridized carbons (Fsp3) is 0.231. The third kappa shape index (κ3) is 3.14. The van der Waals surface area contributed by atoms with Crippen molar-refractivity contribution in [1.29, 1.82) is 0 Å². The number of rotatable bonds is 4. The lowest BCUT2D eigenvalue weighted by atomic mass is 10.3. The maximum atomic E-state index is 6.09. The zero-order valence-electron chi connectivity index (χ0n) is 9.66. The van der Waals surface area contributed by atoms with Crippen LogP contribution in [0.5, 0.6) is 0 Å². The highest BCUT2D eigenvalue weighted by Gasteiger charge is 2.02. The quantitative estimate of drug-likeness (QED) is 0.816. The van der Waals surface area contributed by atoms with Crippen LogP contribution in [0.3, 0.4) is 0 Å². The Hall–Kier alpha value is -1.19. The van der Waals surface area contributed by atoms with Gasteiger partial charge in [-0.3, -0.25) is 0 Å². The molecule has 0 bridgehead atoms. The fourth-order valence-corrected chi connectivity index (χ4v) is 2.72. The van der Waals surface area contributed by atoms with Gasteiger partial charge in [0.2, 0.25) is 0 Å². The monoisotopic (exact) mass is 266 g/mol. The molecule has 0 aliphatic heterocycles. The topological polar surface area (TPSA) is 38.0 Å². The van der Waals surface area contributed by atoms with Crippen LogP contribution in [0.15, 0.2) is 30.3 Å². The second kappa shape index (κ2) is 5.43. The third-order valence-electron chi connectivity index (χ3n) is 2.51. The number of aryl methyl sites for hydroxylation is 1. The normalized spacial score (nSPS) is 10.5. The molecule has 2 nitrogen and oxygen atoms in total. The van der Waals surface area contributed by atoms with Gasteiger partial charge in [-0.1, -0.05) is 18.5 Å². The number of nitrogen functional groups attached to an aromatic ring is 1. The van der Waals surface area contributed by atoms with E-state index in [1.165, 1.54) is 9.75 Å². The zero-order chi connectivity index (χ0) is 12.3. The smallest absolute Gasteiger partial charge is 0.0658 e. The first kappa shape index (κ1) is 12.3. The van der Waals surface area contributed by atoms with E-state index in [0.717, 1.165) is 18.7 Å². The van der Waals surface area contributed by atoms with Crippen molar-refractivity contribution >= 4 is 34.3 Å². The highest BCUT2D eigenvalue weighted by atomic mass is 35.5. The summed E-state index contributed by atoms with van der Waals surface area (Å²) in [5, 5.41) is 3.98. The lowest BCUT2D eigenvalue weighted by Crippen LogP contribution is -1.98. The number of hydrogen-bond donors (Lipinski definition) is 2. The van der Waals surface area contributed by atoms with Gasteiger partial charge in [-0.05, 0) is 36.8 Å². The number of anilines is 2. The largest absolute Gasteiger partial charge is 0.399 e. The minimum atomic E-state index is 0.664. The van der Waals surface area contributed by atoms with Crippen molar-refractivity contribution in [2.75, 3.05) is 11.1 Å². The fourth-order valence-electron chi connectivity index (χ4n) is 1.56. The van der Waals surface area contributed by atoms with Gasteiger partial charge < -0.3 is 11.1 Å². The Bertz CT molecular complexity index is 508. The van der Waals surface area contributed by atoms with Crippen molar-refractivity contribution in [1.82, 2.24) is 0 Å². The molecule has 0 aliphatic carbocycles. The molecular formula is C13H15ClN2S. The first-order chi connectivity index (χ1) is 8.19. The zero-order valence-corrected chi connectivity index (χ0v) is 11.2. The van der Waals surface area contributed by atoms with Crippen molar-refractivity contribution in [2.24, 2.45) is 0 Å². The van der Waals surface area contributed by atoms with E-state index in [2.05, 4.69) is 24.4 Å². The van der Waals surface area contributed by atoms with Gasteiger partial charge in [0.1, 0.15) is 0 Å². The Labute approximate surface area is 110 Å². The van der Waals surface area contributed by atoms with Crippen molar-refractivity contribution in [3.8, 4) is 0 Å². The summed E-state index contributed by atoms with van der Waals surface area (Å²) < 4.78 is 0. The average Bonchev–Trinajstić information content (AvgIpc) is 2.76. The molecule has 0 saturated heterocycles. The predicted molar refractivity (Wildman–Crippen MR) is 76.9 cm³/mol. The Kier molecular flexibility index (Phi) is 3.92. The summed E-state index contributed by atoms with van der Waals surface area (Å²) >= 11 is 7.92. The Balaban J connectivity index is 2.02. The number of hydrogen-bond acceptors (Lipinski definition) is 3. The average molecular weight is 267 g/mol. The molecule has 0 saturated carbocycles. The summed E-state index contributed by atoms with van der Waals surface area (Å²) in [6, 6.07) is 9.84. The van der Waals surface area contributed by atoms with Gasteiger partial charge in [0.25, 0.3) is 0 Å². The lowest BCUT2D eigenvalue weighted by Gasteiger charge is -2.07. The maximum Gasteiger partial charge on any atom is 0.0658 e. The van der Waals surface area contributed by atoms with Crippen LogP contribution in [-0.2, 0) is 13.0 Å². The summed E-state index contributed by atoms with van der Waals surface area (Å²) in [6.45, 7) is 2.97. The van der Waals surface area contributed by atoms with E-state index in [1.54, 1.807) is 6.07 Å². The van der Waals surface area contributed by atoms with Crippen LogP contribution in [0, 0.1) is 0 Å². The molecule has 1 aromatic carbocycles. The molecular weight excluding hydrogens is 252 g/mol. The van der Waals surface area contributed by atoms with Crippen LogP contribution >= 0.6 is 22.9 Å². The maximum absolute atomic E-state index is 6.09. The number of nitrogens with one attached hydrogen (secondary N) is 1. The molecule has 0 aliphatic rings. The molecule has 0 radical (unpaired) electrons. The molecule has 2 aromatic rings. The minimum absolute atomic E-state index is 0.664. The summed E-state index contributed by atoms with van der Waals surface area (Å²) in [5.41, 5.74) is 7.25. The van der Waals surface area contributed by atoms with E-state index >= 15 is 0 Å². The molecule has 0 unspecified atom stereocenters. The second-order valence-corrected chi connectivity index (χ2v) is 5.47. The molecule has 90 valence electrons. The lowest BCUT2D eigenvalue weighted by molar-refractivity contribution is 1.19. The first-order valence-corrected chi connectivity index (χ1v) is 6.75. The van der Waals surface area contributed by atoms with Crippen LogP contribution in [0.2, 0.25) is 5.02 Å². The minimum Gasteiger partial charge on any atom is -0.399 e. The third-order valence-corrected chi connectivity index (χ3v) is 4.05. The summed E-state index contributed by atoms with van der Waals surface area (Å²) in [5.74, 6) is 0. The molecule has 1 heterocycles. The molecule has 1 aromatic heterocycles. The van der Waals surface area contributed by atoms with Crippen LogP contribution in [0.25, 0.3) is 0 Å². The molecule has 4 heteroatoms. The van der Waals surface area contributed by atoms with Crippen molar-refractivity contribution < 1.29 is 0 Å². The molecule has 0 fully saturated rings. The van der Waals surface area contributed by atoms with Gasteiger partial charge in [0.15, 0.2) is 0 Å². The van der Waals surface area contributed by atoms with Gasteiger partial charge in [0.05, 0.1) is 10.7 Å². The number of nitrogens with two attached hydrogens (primary N) is 1. The van der Waals surface area contributed by atoms with Gasteiger partial charge in [-0.2, -0.15) is 0 Å². The van der Waals surface area contributed by atoms with E-state index < -0.39 is 0 Å². The van der Waals surface area contributed by atoms with Crippen LogP contribution in [0.1, 0.15) is 16.7 Å². The Morgan fingerprint density at radius 2 is 2.00 bits per heavy atom. The summed E-state index contributed by atoms with van der Waals surface area (Å²) in [4.78, 5) is 2.72. The van der Waals surface area contributed by atoms with E-state index in [1.807, 2.05) is 23.5 Å². The molecule has 2 rings (SSSR count). The second-order valence-electron chi connectivity index (χ2n) is 3.81. The SMILES string of the molecule is CCc1ccc(CNc2ccc(N)cc2Cl)s1. The van der Waals surface area contributed by atoms with Crippen molar-refractivity contribution in [3.05, 3.63) is 45.1 Å². The van der Waals surface area contributed by atoms with Crippen molar-refractivity contribution in [2.45, 2.75) is 19.9 Å². The number of thiophene rings is 1. The predicted octanol–water partition coefficient (Wildman–Crippen LogP) is 4.16. The van der Waals surface area contributed by atoms with Gasteiger partial charge >= 0.3 is 0 Å². The number of halogens is 1. The van der Waals surface area contributed by atoms with E-state index in [-0.39, 0.29) is 0 Å². The Morgan fingerprint density at radius 1 is 1.24 bits per heavy atom. The molecule has 0 spiro atoms. The molecule has 17 heavy (non-hydrogen) atoms. The van der Waals surface area contributed by atoms with Crippen molar-refractivity contribution in [3.63, 3.8) is 0 Å². The first-order valence-electron chi connectivity index (χ1n) is 5.55. The summed E-state index contributed by atoms with van der Waals surface area (Å²) in [7, 11) is 0. The summed E-state index contributed by atoms with van der Waals surface area (Å²) in [6.07, 6.45) is 1.09. The van der Waals surface area contributed by atoms with Crippen LogP contribution in [-0.4, -0.2) is 0 Å². The van der Waals surface area contributed by atoms with E-state index in [4.69, 9.17) is 17.3 Å². The van der Waals surface area contributed by atoms with Gasteiger partial charge in [0, 0.05) is 22.0 Å². The van der Waals surface area contributed by atoms with Crippen LogP contribution in [0.4, 0.5) is 11.4 Å². The number of benzene rings is 1. The van der Waals surface area contributed by atoms with Gasteiger partial charge in [-0.25, -0.2) is 0 Å². The van der Waals surface area contributed by atoms with E-state index in [9.17, 15) is 0 Å². The highest BCUT2D eigenvalue weighted by molar-refractivity contribution is 7.12. The molecule has 3 N–H and O–H groups in total. The highest BCUT2D eigenvalue weighted by Crippen LogP contribution is 2.25. The standard InChI is InChI=1S/C13H15ClN2S/c1-2-10-4-5-11(17-10)8-16-13-6-3-9(15)7-12(13)14/h3-7,16H,2,8,15H2,1H3. The molecule has 0 amide bonds. The van der Waals surface area contributed by atoms with Crippen LogP contribution < -0.4 is 11.1 Å². The van der Waals surface area contributed by atoms with Gasteiger partial charge in [-0.15, -0.1) is 11.3 Å². The molecule has 0 atom stereocenters.